The lowest BCUT2D eigenvalue weighted by molar-refractivity contribution is -0.116. The molecule has 0 aliphatic carbocycles. The molecule has 8 heteroatoms. The Kier molecular flexibility index (Phi) is 6.02. The second kappa shape index (κ2) is 8.46. The number of rotatable bonds is 5. The maximum atomic E-state index is 13.0. The van der Waals surface area contributed by atoms with Gasteiger partial charge in [0.15, 0.2) is 0 Å². The van der Waals surface area contributed by atoms with Gasteiger partial charge < -0.3 is 14.7 Å². The van der Waals surface area contributed by atoms with Crippen LogP contribution >= 0.6 is 23.2 Å². The normalized spacial score (nSPS) is 10.6. The number of benzene rings is 2. The molecular weight excluding hydrogens is 401 g/mol. The molecule has 2 aromatic carbocycles. The average Bonchev–Trinajstić information content (AvgIpc) is 3.02. The van der Waals surface area contributed by atoms with Crippen LogP contribution in [0.1, 0.15) is 16.1 Å². The third kappa shape index (κ3) is 4.35. The van der Waals surface area contributed by atoms with Crippen LogP contribution in [0.2, 0.25) is 10.0 Å². The summed E-state index contributed by atoms with van der Waals surface area (Å²) in [6.45, 7) is 1.48. The molecule has 0 saturated heterocycles. The van der Waals surface area contributed by atoms with Crippen LogP contribution in [0.15, 0.2) is 53.1 Å². The minimum Gasteiger partial charge on any atom is -0.360 e. The quantitative estimate of drug-likeness (QED) is 0.654. The van der Waals surface area contributed by atoms with Crippen LogP contribution < -0.4 is 5.32 Å². The zero-order valence-corrected chi connectivity index (χ0v) is 16.7. The lowest BCUT2D eigenvalue weighted by atomic mass is 10.1. The van der Waals surface area contributed by atoms with E-state index in [0.717, 1.165) is 0 Å². The monoisotopic (exact) mass is 417 g/mol. The van der Waals surface area contributed by atoms with Crippen molar-refractivity contribution in [2.45, 2.75) is 6.92 Å². The average molecular weight is 418 g/mol. The summed E-state index contributed by atoms with van der Waals surface area (Å²) in [7, 11) is 1.53. The van der Waals surface area contributed by atoms with Crippen molar-refractivity contribution in [3.63, 3.8) is 0 Å². The van der Waals surface area contributed by atoms with E-state index in [1.54, 1.807) is 55.5 Å². The molecule has 0 radical (unpaired) electrons. The number of anilines is 1. The van der Waals surface area contributed by atoms with Crippen molar-refractivity contribution >= 4 is 40.7 Å². The number of nitrogens with zero attached hydrogens (tertiary/aromatic N) is 2. The molecule has 0 fully saturated rings. The zero-order chi connectivity index (χ0) is 20.3. The number of likely N-dealkylation sites (N-methyl/N-ethyl adjacent to an activating group) is 1. The number of aromatic nitrogens is 1. The largest absolute Gasteiger partial charge is 0.360 e. The van der Waals surface area contributed by atoms with Crippen molar-refractivity contribution in [1.29, 1.82) is 0 Å². The molecule has 2 amide bonds. The second-order valence-electron chi connectivity index (χ2n) is 6.16. The summed E-state index contributed by atoms with van der Waals surface area (Å²) in [5, 5.41) is 7.65. The third-order valence-electron chi connectivity index (χ3n) is 4.04. The first-order chi connectivity index (χ1) is 13.4. The molecule has 3 aromatic rings. The molecule has 1 N–H and O–H groups in total. The number of hydrogen-bond acceptors (Lipinski definition) is 4. The molecule has 0 unspecified atom stereocenters. The van der Waals surface area contributed by atoms with Crippen LogP contribution in [0, 0.1) is 6.92 Å². The number of hydrogen-bond donors (Lipinski definition) is 1. The van der Waals surface area contributed by atoms with E-state index >= 15 is 0 Å². The van der Waals surface area contributed by atoms with Gasteiger partial charge >= 0.3 is 0 Å². The van der Waals surface area contributed by atoms with Gasteiger partial charge in [-0.05, 0) is 31.2 Å². The van der Waals surface area contributed by atoms with Crippen LogP contribution in [-0.2, 0) is 4.79 Å². The molecule has 3 rings (SSSR count). The van der Waals surface area contributed by atoms with Gasteiger partial charge in [0.25, 0.3) is 5.91 Å². The van der Waals surface area contributed by atoms with Crippen molar-refractivity contribution in [1.82, 2.24) is 10.1 Å². The van der Waals surface area contributed by atoms with Gasteiger partial charge in [0.05, 0.1) is 11.6 Å². The number of nitrogens with one attached hydrogen (secondary N) is 1. The maximum absolute atomic E-state index is 13.0. The predicted octanol–water partition coefficient (Wildman–Crippen LogP) is 4.67. The van der Waals surface area contributed by atoms with Crippen LogP contribution in [0.4, 0.5) is 5.69 Å². The molecule has 1 heterocycles. The number of carbonyl (C=O) groups is 2. The van der Waals surface area contributed by atoms with Crippen molar-refractivity contribution in [2.24, 2.45) is 0 Å². The minimum absolute atomic E-state index is 0.155. The van der Waals surface area contributed by atoms with Crippen molar-refractivity contribution in [3.05, 3.63) is 69.9 Å². The Morgan fingerprint density at radius 3 is 2.61 bits per heavy atom. The van der Waals surface area contributed by atoms with Crippen LogP contribution in [0.5, 0.6) is 0 Å². The van der Waals surface area contributed by atoms with Gasteiger partial charge in [-0.2, -0.15) is 0 Å². The first kappa shape index (κ1) is 19.9. The summed E-state index contributed by atoms with van der Waals surface area (Å²) >= 11 is 12.1. The molecule has 0 saturated carbocycles. The first-order valence-electron chi connectivity index (χ1n) is 8.39. The van der Waals surface area contributed by atoms with Crippen LogP contribution in [0.3, 0.4) is 0 Å². The van der Waals surface area contributed by atoms with E-state index in [4.69, 9.17) is 27.7 Å². The Balaban J connectivity index is 1.78. The lowest BCUT2D eigenvalue weighted by Crippen LogP contribution is -2.35. The fourth-order valence-electron chi connectivity index (χ4n) is 2.71. The fraction of sp³-hybridized carbons (Fsp3) is 0.150. The molecule has 144 valence electrons. The van der Waals surface area contributed by atoms with Crippen LogP contribution in [-0.4, -0.2) is 35.5 Å². The molecule has 0 atom stereocenters. The van der Waals surface area contributed by atoms with E-state index in [1.165, 1.54) is 11.9 Å². The van der Waals surface area contributed by atoms with E-state index < -0.39 is 5.91 Å². The van der Waals surface area contributed by atoms with E-state index in [-0.39, 0.29) is 18.0 Å². The molecule has 0 aliphatic rings. The fourth-order valence-corrected chi connectivity index (χ4v) is 3.12. The van der Waals surface area contributed by atoms with E-state index in [0.29, 0.717) is 32.8 Å². The SMILES string of the molecule is Cc1onc(-c2ccccc2Cl)c1C(=O)N(C)CC(=O)Nc1cccc(Cl)c1. The molecule has 0 spiro atoms. The third-order valence-corrected chi connectivity index (χ3v) is 4.61. The second-order valence-corrected chi connectivity index (χ2v) is 7.01. The van der Waals surface area contributed by atoms with Crippen molar-refractivity contribution in [3.8, 4) is 11.3 Å². The molecule has 28 heavy (non-hydrogen) atoms. The molecule has 0 aliphatic heterocycles. The topological polar surface area (TPSA) is 75.4 Å². The van der Waals surface area contributed by atoms with Gasteiger partial charge in [-0.15, -0.1) is 0 Å². The summed E-state index contributed by atoms with van der Waals surface area (Å²) in [4.78, 5) is 26.5. The number of halogens is 2. The number of aryl methyl sites for hydroxylation is 1. The summed E-state index contributed by atoms with van der Waals surface area (Å²) in [5.41, 5.74) is 1.75. The Labute approximate surface area is 172 Å². The lowest BCUT2D eigenvalue weighted by Gasteiger charge is -2.17. The molecule has 0 bridgehead atoms. The highest BCUT2D eigenvalue weighted by atomic mass is 35.5. The number of amides is 2. The van der Waals surface area contributed by atoms with Gasteiger partial charge in [-0.1, -0.05) is 52.6 Å². The van der Waals surface area contributed by atoms with E-state index in [1.807, 2.05) is 0 Å². The number of carbonyl (C=O) groups excluding carboxylic acids is 2. The van der Waals surface area contributed by atoms with Gasteiger partial charge in [-0.25, -0.2) is 0 Å². The minimum atomic E-state index is -0.394. The summed E-state index contributed by atoms with van der Waals surface area (Å²) in [5.74, 6) is -0.400. The summed E-state index contributed by atoms with van der Waals surface area (Å²) in [6.07, 6.45) is 0. The zero-order valence-electron chi connectivity index (χ0n) is 15.2. The molecule has 1 aromatic heterocycles. The van der Waals surface area contributed by atoms with Gasteiger partial charge in [0.1, 0.15) is 17.0 Å². The summed E-state index contributed by atoms with van der Waals surface area (Å²) in [6, 6.07) is 13.8. The van der Waals surface area contributed by atoms with Crippen LogP contribution in [0.25, 0.3) is 11.3 Å². The standard InChI is InChI=1S/C20H17Cl2N3O3/c1-12-18(19(24-28-12)15-8-3-4-9-16(15)22)20(27)25(2)11-17(26)23-14-7-5-6-13(21)10-14/h3-10H,11H2,1-2H3,(H,23,26). The Bertz CT molecular complexity index is 1030. The first-order valence-corrected chi connectivity index (χ1v) is 9.14. The van der Waals surface area contributed by atoms with E-state index in [9.17, 15) is 9.59 Å². The smallest absolute Gasteiger partial charge is 0.259 e. The molecule has 6 nitrogen and oxygen atoms in total. The van der Waals surface area contributed by atoms with Crippen molar-refractivity contribution in [2.75, 3.05) is 18.9 Å². The summed E-state index contributed by atoms with van der Waals surface area (Å²) < 4.78 is 5.22. The highest BCUT2D eigenvalue weighted by Crippen LogP contribution is 2.31. The van der Waals surface area contributed by atoms with Crippen molar-refractivity contribution < 1.29 is 14.1 Å². The highest BCUT2D eigenvalue weighted by molar-refractivity contribution is 6.33. The highest BCUT2D eigenvalue weighted by Gasteiger charge is 2.26. The Morgan fingerprint density at radius 1 is 1.14 bits per heavy atom. The van der Waals surface area contributed by atoms with Gasteiger partial charge in [-0.3, -0.25) is 9.59 Å². The predicted molar refractivity (Wildman–Crippen MR) is 109 cm³/mol. The maximum Gasteiger partial charge on any atom is 0.259 e. The Morgan fingerprint density at radius 2 is 1.89 bits per heavy atom. The Hall–Kier alpha value is -2.83. The van der Waals surface area contributed by atoms with E-state index in [2.05, 4.69) is 10.5 Å². The molecular formula is C20H17Cl2N3O3. The van der Waals surface area contributed by atoms with Gasteiger partial charge in [0, 0.05) is 23.3 Å². The van der Waals surface area contributed by atoms with Gasteiger partial charge in [0.2, 0.25) is 5.91 Å².